The lowest BCUT2D eigenvalue weighted by molar-refractivity contribution is -0.137. The molecule has 0 radical (unpaired) electrons. The zero-order chi connectivity index (χ0) is 16.7. The van der Waals surface area contributed by atoms with Crippen LogP contribution in [-0.4, -0.2) is 25.4 Å². The fourth-order valence-electron chi connectivity index (χ4n) is 5.15. The molecule has 1 aromatic carbocycles. The van der Waals surface area contributed by atoms with Crippen LogP contribution < -0.4 is 4.74 Å². The zero-order valence-corrected chi connectivity index (χ0v) is 15.1. The van der Waals surface area contributed by atoms with Gasteiger partial charge in [0.25, 0.3) is 0 Å². The summed E-state index contributed by atoms with van der Waals surface area (Å²) in [6.07, 6.45) is 2.47. The van der Waals surface area contributed by atoms with Crippen LogP contribution in [0, 0.1) is 5.41 Å². The Morgan fingerprint density at radius 1 is 0.957 bits per heavy atom. The molecule has 5 rings (SSSR count). The first kappa shape index (κ1) is 15.5. The molecular formula is C19H27BO3. The van der Waals surface area contributed by atoms with E-state index in [0.29, 0.717) is 11.2 Å². The molecule has 0 spiro atoms. The fourth-order valence-corrected chi connectivity index (χ4v) is 5.15. The van der Waals surface area contributed by atoms with Crippen LogP contribution in [0.5, 0.6) is 5.75 Å². The molecule has 3 nitrogen and oxygen atoms in total. The number of benzene rings is 1. The van der Waals surface area contributed by atoms with E-state index in [1.54, 1.807) is 7.11 Å². The highest BCUT2D eigenvalue weighted by atomic mass is 16.7. The normalized spacial score (nSPS) is 39.6. The van der Waals surface area contributed by atoms with Crippen LogP contribution in [0.2, 0.25) is 5.82 Å². The fraction of sp³-hybridized carbons (Fsp3) is 0.684. The number of hydrogen-bond donors (Lipinski definition) is 0. The SMILES string of the molecule is COc1ccc(C23CC(C)(C2)C3B2OC(C)(C)C(C)(C)O2)cc1. The Hall–Kier alpha value is -0.995. The standard InChI is InChI=1S/C19H27BO3/c1-16(2)17(3,4)23-20(22-16)15-18(5)11-19(15,12-18)13-7-9-14(21-6)10-8-13/h7-10,15H,11-12H2,1-6H3. The van der Waals surface area contributed by atoms with E-state index in [4.69, 9.17) is 14.0 Å². The molecule has 0 aromatic heterocycles. The molecule has 4 aliphatic rings. The number of methoxy groups -OCH3 is 1. The Balaban J connectivity index is 1.62. The third kappa shape index (κ3) is 1.85. The van der Waals surface area contributed by atoms with Crippen LogP contribution in [-0.2, 0) is 14.7 Å². The predicted octanol–water partition coefficient (Wildman–Crippen LogP) is 4.21. The quantitative estimate of drug-likeness (QED) is 0.782. The molecule has 23 heavy (non-hydrogen) atoms. The highest BCUT2D eigenvalue weighted by Gasteiger charge is 2.79. The molecule has 1 heterocycles. The van der Waals surface area contributed by atoms with E-state index in [9.17, 15) is 0 Å². The topological polar surface area (TPSA) is 27.7 Å². The molecule has 1 atom stereocenters. The van der Waals surface area contributed by atoms with Gasteiger partial charge in [0.05, 0.1) is 18.3 Å². The summed E-state index contributed by atoms with van der Waals surface area (Å²) in [6.45, 7) is 10.9. The summed E-state index contributed by atoms with van der Waals surface area (Å²) in [7, 11) is 1.61. The van der Waals surface area contributed by atoms with Gasteiger partial charge in [-0.15, -0.1) is 0 Å². The Morgan fingerprint density at radius 2 is 1.48 bits per heavy atom. The molecule has 4 fully saturated rings. The van der Waals surface area contributed by atoms with Crippen LogP contribution in [0.1, 0.15) is 53.0 Å². The van der Waals surface area contributed by atoms with Crippen molar-refractivity contribution < 1.29 is 14.0 Å². The van der Waals surface area contributed by atoms with Gasteiger partial charge in [0, 0.05) is 5.82 Å². The van der Waals surface area contributed by atoms with Crippen molar-refractivity contribution in [1.82, 2.24) is 0 Å². The summed E-state index contributed by atoms with van der Waals surface area (Å²) in [5, 5.41) is 0. The van der Waals surface area contributed by atoms with Crippen molar-refractivity contribution in [3.63, 3.8) is 0 Å². The molecule has 1 unspecified atom stereocenters. The summed E-state index contributed by atoms with van der Waals surface area (Å²) in [6, 6.07) is 8.57. The molecule has 124 valence electrons. The van der Waals surface area contributed by atoms with Crippen molar-refractivity contribution >= 4 is 7.12 Å². The van der Waals surface area contributed by atoms with Crippen molar-refractivity contribution in [2.45, 2.75) is 69.9 Å². The minimum atomic E-state index is -0.253. The van der Waals surface area contributed by atoms with Crippen molar-refractivity contribution in [3.05, 3.63) is 29.8 Å². The number of ether oxygens (including phenoxy) is 1. The maximum absolute atomic E-state index is 6.38. The van der Waals surface area contributed by atoms with E-state index < -0.39 is 0 Å². The van der Waals surface area contributed by atoms with Crippen molar-refractivity contribution in [2.75, 3.05) is 7.11 Å². The third-order valence-electron chi connectivity index (χ3n) is 6.99. The Kier molecular flexibility index (Phi) is 2.93. The third-order valence-corrected chi connectivity index (χ3v) is 6.99. The molecular weight excluding hydrogens is 287 g/mol. The van der Waals surface area contributed by atoms with Gasteiger partial charge in [-0.2, -0.15) is 0 Å². The Bertz CT molecular complexity index is 613. The lowest BCUT2D eigenvalue weighted by atomic mass is 9.21. The van der Waals surface area contributed by atoms with Gasteiger partial charge >= 0.3 is 7.12 Å². The average Bonchev–Trinajstić information content (AvgIpc) is 2.62. The first-order valence-corrected chi connectivity index (χ1v) is 8.64. The second-order valence-corrected chi connectivity index (χ2v) is 8.99. The van der Waals surface area contributed by atoms with Gasteiger partial charge < -0.3 is 14.0 Å². The zero-order valence-electron chi connectivity index (χ0n) is 15.1. The van der Waals surface area contributed by atoms with Crippen LogP contribution in [0.4, 0.5) is 0 Å². The highest BCUT2D eigenvalue weighted by molar-refractivity contribution is 6.49. The molecule has 0 N–H and O–H groups in total. The predicted molar refractivity (Wildman–Crippen MR) is 91.8 cm³/mol. The van der Waals surface area contributed by atoms with Gasteiger partial charge in [-0.1, -0.05) is 19.1 Å². The summed E-state index contributed by atoms with van der Waals surface area (Å²) in [5.74, 6) is 1.36. The molecule has 0 amide bonds. The Labute approximate surface area is 139 Å². The second kappa shape index (κ2) is 4.34. The average molecular weight is 314 g/mol. The lowest BCUT2D eigenvalue weighted by Crippen LogP contribution is -2.72. The Morgan fingerprint density at radius 3 is 1.91 bits per heavy atom. The van der Waals surface area contributed by atoms with E-state index >= 15 is 0 Å². The first-order valence-electron chi connectivity index (χ1n) is 8.64. The van der Waals surface area contributed by atoms with Crippen LogP contribution >= 0.6 is 0 Å². The van der Waals surface area contributed by atoms with E-state index in [1.165, 1.54) is 18.4 Å². The number of hydrogen-bond acceptors (Lipinski definition) is 3. The van der Waals surface area contributed by atoms with Crippen LogP contribution in [0.15, 0.2) is 24.3 Å². The summed E-state index contributed by atoms with van der Waals surface area (Å²) < 4.78 is 18.1. The molecule has 2 bridgehead atoms. The van der Waals surface area contributed by atoms with E-state index in [-0.39, 0.29) is 23.7 Å². The van der Waals surface area contributed by atoms with Gasteiger partial charge in [-0.05, 0) is 69.1 Å². The van der Waals surface area contributed by atoms with E-state index in [1.807, 2.05) is 0 Å². The van der Waals surface area contributed by atoms with Crippen LogP contribution in [0.3, 0.4) is 0 Å². The van der Waals surface area contributed by atoms with Crippen molar-refractivity contribution in [1.29, 1.82) is 0 Å². The van der Waals surface area contributed by atoms with Crippen LogP contribution in [0.25, 0.3) is 0 Å². The minimum absolute atomic E-state index is 0.102. The monoisotopic (exact) mass is 314 g/mol. The molecule has 3 saturated carbocycles. The van der Waals surface area contributed by atoms with Gasteiger partial charge in [-0.3, -0.25) is 0 Å². The summed E-state index contributed by atoms with van der Waals surface area (Å²) >= 11 is 0. The van der Waals surface area contributed by atoms with Crippen molar-refractivity contribution in [3.8, 4) is 5.75 Å². The maximum Gasteiger partial charge on any atom is 0.462 e. The second-order valence-electron chi connectivity index (χ2n) is 8.99. The maximum atomic E-state index is 6.38. The van der Waals surface area contributed by atoms with Crippen molar-refractivity contribution in [2.24, 2.45) is 5.41 Å². The van der Waals surface area contributed by atoms with E-state index in [2.05, 4.69) is 58.9 Å². The van der Waals surface area contributed by atoms with E-state index in [0.717, 1.165) is 5.75 Å². The van der Waals surface area contributed by atoms with Gasteiger partial charge in [0.2, 0.25) is 0 Å². The highest BCUT2D eigenvalue weighted by Crippen LogP contribution is 2.82. The lowest BCUT2D eigenvalue weighted by Gasteiger charge is -2.76. The number of rotatable bonds is 3. The summed E-state index contributed by atoms with van der Waals surface area (Å²) in [4.78, 5) is 0. The van der Waals surface area contributed by atoms with Gasteiger partial charge in [0.1, 0.15) is 5.75 Å². The van der Waals surface area contributed by atoms with Gasteiger partial charge in [0.15, 0.2) is 0 Å². The summed E-state index contributed by atoms with van der Waals surface area (Å²) in [5.41, 5.74) is 1.49. The molecule has 1 aliphatic heterocycles. The molecule has 1 aromatic rings. The molecule has 3 aliphatic carbocycles. The smallest absolute Gasteiger partial charge is 0.462 e. The molecule has 1 saturated heterocycles. The largest absolute Gasteiger partial charge is 0.497 e. The first-order chi connectivity index (χ1) is 10.6. The minimum Gasteiger partial charge on any atom is -0.497 e. The molecule has 4 heteroatoms. The van der Waals surface area contributed by atoms with Gasteiger partial charge in [-0.25, -0.2) is 0 Å².